The predicted octanol–water partition coefficient (Wildman–Crippen LogP) is 2.14. The number of ether oxygens (including phenoxy) is 3. The summed E-state index contributed by atoms with van der Waals surface area (Å²) < 4.78 is 16.6. The van der Waals surface area contributed by atoms with Crippen LogP contribution in [0.5, 0.6) is 5.75 Å². The second-order valence-corrected chi connectivity index (χ2v) is 7.58. The van der Waals surface area contributed by atoms with Crippen molar-refractivity contribution in [2.45, 2.75) is 44.5 Å². The molecule has 0 amide bonds. The number of rotatable bonds is 11. The van der Waals surface area contributed by atoms with E-state index in [1.54, 1.807) is 0 Å². The van der Waals surface area contributed by atoms with Gasteiger partial charge in [-0.2, -0.15) is 0 Å². The summed E-state index contributed by atoms with van der Waals surface area (Å²) in [7, 11) is 3.03. The van der Waals surface area contributed by atoms with Gasteiger partial charge in [-0.1, -0.05) is 18.2 Å². The number of para-hydroxylation sites is 1. The normalized spacial score (nSPS) is 20.4. The highest BCUT2D eigenvalue weighted by Gasteiger charge is 2.36. The number of nitrogens with zero attached hydrogens (tertiary/aromatic N) is 1. The maximum absolute atomic E-state index is 11.2. The fraction of sp³-hybridized carbons (Fsp3) is 0.619. The molecule has 1 aromatic rings. The van der Waals surface area contributed by atoms with E-state index in [1.807, 2.05) is 18.2 Å². The van der Waals surface area contributed by atoms with Gasteiger partial charge >= 0.3 is 0 Å². The fourth-order valence-corrected chi connectivity index (χ4v) is 3.55. The highest BCUT2D eigenvalue weighted by Crippen LogP contribution is 2.38. The van der Waals surface area contributed by atoms with Crippen LogP contribution in [-0.4, -0.2) is 69.1 Å². The van der Waals surface area contributed by atoms with Crippen LogP contribution < -0.4 is 4.74 Å². The minimum Gasteiger partial charge on any atom is -0.487 e. The van der Waals surface area contributed by atoms with Gasteiger partial charge in [0.1, 0.15) is 36.1 Å². The van der Waals surface area contributed by atoms with Crippen molar-refractivity contribution in [3.63, 3.8) is 0 Å². The molecule has 1 aromatic carbocycles. The standard InChI is InChI=1S/C21H31NO5/c1-21(2)17(11-16-7-5-6-8-20(16)27-21)9-10-22(12-18(14-23)25-3)13-19(15-24)26-4/h5-8,14-15,17-19H,9-13H2,1-4H3. The number of carbonyl (C=O) groups excluding carboxylic acids is 2. The Labute approximate surface area is 161 Å². The average Bonchev–Trinajstić information content (AvgIpc) is 2.66. The van der Waals surface area contributed by atoms with Gasteiger partial charge in [-0.15, -0.1) is 0 Å². The van der Waals surface area contributed by atoms with E-state index in [2.05, 4.69) is 24.8 Å². The topological polar surface area (TPSA) is 65.1 Å². The van der Waals surface area contributed by atoms with Crippen LogP contribution in [0.4, 0.5) is 0 Å². The van der Waals surface area contributed by atoms with Crippen molar-refractivity contribution in [1.29, 1.82) is 0 Å². The first kappa shape index (κ1) is 21.5. The molecule has 0 N–H and O–H groups in total. The van der Waals surface area contributed by atoms with Crippen molar-refractivity contribution >= 4 is 12.6 Å². The Hall–Kier alpha value is -1.76. The zero-order valence-electron chi connectivity index (χ0n) is 16.7. The molecule has 0 spiro atoms. The Bertz CT molecular complexity index is 600. The molecule has 0 saturated heterocycles. The summed E-state index contributed by atoms with van der Waals surface area (Å²) in [4.78, 5) is 24.4. The molecule has 6 heteroatoms. The highest BCUT2D eigenvalue weighted by molar-refractivity contribution is 5.57. The maximum Gasteiger partial charge on any atom is 0.150 e. The molecule has 3 atom stereocenters. The molecule has 1 aliphatic heterocycles. The van der Waals surface area contributed by atoms with Crippen LogP contribution in [0.3, 0.4) is 0 Å². The Morgan fingerprint density at radius 2 is 1.74 bits per heavy atom. The minimum atomic E-state index is -0.523. The SMILES string of the molecule is COC(C=O)CN(CCC1Cc2ccccc2OC1(C)C)CC(C=O)OC. The molecular weight excluding hydrogens is 346 g/mol. The van der Waals surface area contributed by atoms with Crippen LogP contribution in [0, 0.1) is 5.92 Å². The summed E-state index contributed by atoms with van der Waals surface area (Å²) in [6, 6.07) is 8.15. The monoisotopic (exact) mass is 377 g/mol. The number of carbonyl (C=O) groups is 2. The quantitative estimate of drug-likeness (QED) is 0.551. The smallest absolute Gasteiger partial charge is 0.150 e. The Balaban J connectivity index is 2.05. The summed E-state index contributed by atoms with van der Waals surface area (Å²) >= 11 is 0. The van der Waals surface area contributed by atoms with Gasteiger partial charge in [0, 0.05) is 33.2 Å². The number of methoxy groups -OCH3 is 2. The lowest BCUT2D eigenvalue weighted by Gasteiger charge is -2.41. The van der Waals surface area contributed by atoms with Gasteiger partial charge in [0.05, 0.1) is 0 Å². The van der Waals surface area contributed by atoms with Crippen LogP contribution in [0.2, 0.25) is 0 Å². The summed E-state index contributed by atoms with van der Waals surface area (Å²) in [5.41, 5.74) is 0.940. The second kappa shape index (κ2) is 9.97. The molecule has 27 heavy (non-hydrogen) atoms. The first-order chi connectivity index (χ1) is 12.9. The van der Waals surface area contributed by atoms with Gasteiger partial charge in [0.2, 0.25) is 0 Å². The largest absolute Gasteiger partial charge is 0.487 e. The van der Waals surface area contributed by atoms with Gasteiger partial charge in [-0.05, 0) is 44.9 Å². The first-order valence-corrected chi connectivity index (χ1v) is 9.39. The van der Waals surface area contributed by atoms with Crippen LogP contribution in [-0.2, 0) is 25.5 Å². The van der Waals surface area contributed by atoms with Crippen molar-refractivity contribution in [1.82, 2.24) is 4.90 Å². The van der Waals surface area contributed by atoms with Gasteiger partial charge in [0.15, 0.2) is 0 Å². The van der Waals surface area contributed by atoms with Gasteiger partial charge in [-0.3, -0.25) is 4.90 Å². The number of hydrogen-bond donors (Lipinski definition) is 0. The Morgan fingerprint density at radius 3 is 2.30 bits per heavy atom. The third-order valence-corrected chi connectivity index (χ3v) is 5.37. The molecule has 0 saturated carbocycles. The molecule has 0 aromatic heterocycles. The van der Waals surface area contributed by atoms with Crippen molar-refractivity contribution in [2.24, 2.45) is 5.92 Å². The van der Waals surface area contributed by atoms with Gasteiger partial charge in [0.25, 0.3) is 0 Å². The number of hydrogen-bond acceptors (Lipinski definition) is 6. The molecular formula is C21H31NO5. The third kappa shape index (κ3) is 5.86. The van der Waals surface area contributed by atoms with Crippen molar-refractivity contribution in [3.05, 3.63) is 29.8 Å². The van der Waals surface area contributed by atoms with Crippen LogP contribution >= 0.6 is 0 Å². The second-order valence-electron chi connectivity index (χ2n) is 7.58. The van der Waals surface area contributed by atoms with E-state index in [9.17, 15) is 9.59 Å². The molecule has 1 aliphatic rings. The van der Waals surface area contributed by atoms with E-state index >= 15 is 0 Å². The zero-order chi connectivity index (χ0) is 19.9. The molecule has 3 unspecified atom stereocenters. The zero-order valence-corrected chi connectivity index (χ0v) is 16.7. The molecule has 0 radical (unpaired) electrons. The summed E-state index contributed by atoms with van der Waals surface area (Å²) in [6.07, 6.45) is 2.36. The lowest BCUT2D eigenvalue weighted by Crippen LogP contribution is -2.46. The van der Waals surface area contributed by atoms with Crippen molar-refractivity contribution < 1.29 is 23.8 Å². The Kier molecular flexibility index (Phi) is 7.95. The van der Waals surface area contributed by atoms with E-state index in [4.69, 9.17) is 14.2 Å². The van der Waals surface area contributed by atoms with Crippen LogP contribution in [0.25, 0.3) is 0 Å². The van der Waals surface area contributed by atoms with Gasteiger partial charge in [-0.25, -0.2) is 0 Å². The Morgan fingerprint density at radius 1 is 1.15 bits per heavy atom. The summed E-state index contributed by atoms with van der Waals surface area (Å²) in [5.74, 6) is 1.28. The molecule has 0 aliphatic carbocycles. The van der Waals surface area contributed by atoms with Crippen LogP contribution in [0.15, 0.2) is 24.3 Å². The van der Waals surface area contributed by atoms with E-state index in [-0.39, 0.29) is 5.60 Å². The van der Waals surface area contributed by atoms with E-state index in [0.29, 0.717) is 19.0 Å². The lowest BCUT2D eigenvalue weighted by molar-refractivity contribution is -0.119. The van der Waals surface area contributed by atoms with Crippen LogP contribution in [0.1, 0.15) is 25.8 Å². The molecule has 1 heterocycles. The third-order valence-electron chi connectivity index (χ3n) is 5.37. The molecule has 0 bridgehead atoms. The average molecular weight is 377 g/mol. The molecule has 0 fully saturated rings. The van der Waals surface area contributed by atoms with Crippen molar-refractivity contribution in [3.8, 4) is 5.75 Å². The molecule has 2 rings (SSSR count). The highest BCUT2D eigenvalue weighted by atomic mass is 16.5. The summed E-state index contributed by atoms with van der Waals surface area (Å²) in [6.45, 7) is 5.81. The lowest BCUT2D eigenvalue weighted by atomic mass is 9.80. The number of fused-ring (bicyclic) bond motifs is 1. The van der Waals surface area contributed by atoms with E-state index in [1.165, 1.54) is 19.8 Å². The first-order valence-electron chi connectivity index (χ1n) is 9.39. The van der Waals surface area contributed by atoms with Gasteiger partial charge < -0.3 is 23.8 Å². The van der Waals surface area contributed by atoms with E-state index in [0.717, 1.165) is 37.7 Å². The fourth-order valence-electron chi connectivity index (χ4n) is 3.55. The van der Waals surface area contributed by atoms with E-state index < -0.39 is 12.2 Å². The summed E-state index contributed by atoms with van der Waals surface area (Å²) in [5, 5.41) is 0. The number of aldehydes is 2. The number of benzene rings is 1. The minimum absolute atomic E-state index is 0.281. The molecule has 6 nitrogen and oxygen atoms in total. The van der Waals surface area contributed by atoms with Crippen molar-refractivity contribution in [2.75, 3.05) is 33.9 Å². The predicted molar refractivity (Wildman–Crippen MR) is 103 cm³/mol. The maximum atomic E-state index is 11.2. The molecule has 150 valence electrons.